The maximum atomic E-state index is 13.7. The number of nitrogens with zero attached hydrogens (tertiary/aromatic N) is 1. The van der Waals surface area contributed by atoms with Crippen LogP contribution in [0.3, 0.4) is 0 Å². The molecule has 7 heteroatoms. The molecule has 190 valence electrons. The number of hydrogen-bond donors (Lipinski definition) is 1. The van der Waals surface area contributed by atoms with Crippen LogP contribution in [0.5, 0.6) is 0 Å². The second kappa shape index (κ2) is 13.3. The predicted molar refractivity (Wildman–Crippen MR) is 153 cm³/mol. The average Bonchev–Trinajstić information content (AvgIpc) is 2.82. The molecule has 4 nitrogen and oxygen atoms in total. The summed E-state index contributed by atoms with van der Waals surface area (Å²) in [4.78, 5) is 30.0. The summed E-state index contributed by atoms with van der Waals surface area (Å²) in [5, 5.41) is 3.78. The van der Waals surface area contributed by atoms with Gasteiger partial charge in [-0.25, -0.2) is 0 Å². The van der Waals surface area contributed by atoms with Gasteiger partial charge in [0.2, 0.25) is 11.8 Å². The third-order valence-corrected chi connectivity index (χ3v) is 7.17. The zero-order valence-electron chi connectivity index (χ0n) is 20.8. The number of benzene rings is 3. The lowest BCUT2D eigenvalue weighted by Gasteiger charge is -2.34. The van der Waals surface area contributed by atoms with Gasteiger partial charge in [0.1, 0.15) is 6.04 Å². The van der Waals surface area contributed by atoms with Gasteiger partial charge in [-0.3, -0.25) is 9.59 Å². The Bertz CT molecular complexity index is 1150. The lowest BCUT2D eigenvalue weighted by Crippen LogP contribution is -2.54. The fourth-order valence-electron chi connectivity index (χ4n) is 3.77. The van der Waals surface area contributed by atoms with Crippen LogP contribution in [0.4, 0.5) is 0 Å². The van der Waals surface area contributed by atoms with Crippen molar-refractivity contribution in [1.82, 2.24) is 10.2 Å². The minimum Gasteiger partial charge on any atom is -0.350 e. The first-order valence-corrected chi connectivity index (χ1v) is 14.0. The molecule has 0 fully saturated rings. The Morgan fingerprint density at radius 3 is 2.28 bits per heavy atom. The van der Waals surface area contributed by atoms with E-state index in [4.69, 9.17) is 11.6 Å². The van der Waals surface area contributed by atoms with E-state index in [-0.39, 0.29) is 11.8 Å². The van der Waals surface area contributed by atoms with Gasteiger partial charge in [-0.05, 0) is 68.3 Å². The number of halogens is 2. The van der Waals surface area contributed by atoms with E-state index in [2.05, 4.69) is 21.2 Å². The molecule has 3 aromatic carbocycles. The van der Waals surface area contributed by atoms with Crippen molar-refractivity contribution in [3.8, 4) is 0 Å². The summed E-state index contributed by atoms with van der Waals surface area (Å²) < 4.78 is 0.935. The lowest BCUT2D eigenvalue weighted by atomic mass is 10.0. The van der Waals surface area contributed by atoms with Gasteiger partial charge in [-0.15, -0.1) is 11.8 Å². The first-order chi connectivity index (χ1) is 17.1. The molecule has 36 heavy (non-hydrogen) atoms. The summed E-state index contributed by atoms with van der Waals surface area (Å²) in [5.74, 6) is 0.399. The molecule has 3 aromatic rings. The first-order valence-electron chi connectivity index (χ1n) is 11.9. The van der Waals surface area contributed by atoms with E-state index in [1.165, 1.54) is 0 Å². The Kier molecular flexibility index (Phi) is 10.5. The molecule has 3 rings (SSSR count). The number of carbonyl (C=O) groups is 2. The Hall–Kier alpha value is -2.28. The van der Waals surface area contributed by atoms with E-state index >= 15 is 0 Å². The maximum absolute atomic E-state index is 13.7. The van der Waals surface area contributed by atoms with E-state index in [1.807, 2.05) is 99.6 Å². The minimum absolute atomic E-state index is 0.0542. The molecule has 0 aliphatic carbocycles. The van der Waals surface area contributed by atoms with Crippen molar-refractivity contribution in [2.45, 2.75) is 56.6 Å². The molecule has 0 bridgehead atoms. The molecular formula is C29H32BrClN2O2S. The zero-order valence-corrected chi connectivity index (χ0v) is 24.0. The zero-order chi connectivity index (χ0) is 26.1. The van der Waals surface area contributed by atoms with Crippen molar-refractivity contribution in [3.63, 3.8) is 0 Å². The van der Waals surface area contributed by atoms with Crippen LogP contribution in [0.1, 0.15) is 38.3 Å². The van der Waals surface area contributed by atoms with Crippen LogP contribution in [0, 0.1) is 0 Å². The van der Waals surface area contributed by atoms with Gasteiger partial charge in [-0.1, -0.05) is 70.0 Å². The van der Waals surface area contributed by atoms with Gasteiger partial charge < -0.3 is 10.2 Å². The van der Waals surface area contributed by atoms with Crippen molar-refractivity contribution in [2.75, 3.05) is 5.75 Å². The summed E-state index contributed by atoms with van der Waals surface area (Å²) in [6.45, 7) is 6.20. The van der Waals surface area contributed by atoms with Gasteiger partial charge in [0.15, 0.2) is 0 Å². The van der Waals surface area contributed by atoms with E-state index in [1.54, 1.807) is 16.7 Å². The molecule has 2 amide bonds. The Morgan fingerprint density at radius 1 is 0.972 bits per heavy atom. The van der Waals surface area contributed by atoms with Crippen molar-refractivity contribution in [3.05, 3.63) is 99.5 Å². The fraction of sp³-hybridized carbons (Fsp3) is 0.310. The predicted octanol–water partition coefficient (Wildman–Crippen LogP) is 7.14. The van der Waals surface area contributed by atoms with Crippen molar-refractivity contribution in [1.29, 1.82) is 0 Å². The highest BCUT2D eigenvalue weighted by Crippen LogP contribution is 2.23. The van der Waals surface area contributed by atoms with Gasteiger partial charge in [0.05, 0.1) is 0 Å². The molecule has 0 spiro atoms. The standard InChI is InChI=1S/C29H32BrClN2O2S/c1-29(2,3)32-28(35)26(19-21-8-5-4-6-9-21)33(20-22-10-7-11-23(30)18-22)27(34)16-17-36-25-14-12-24(31)13-15-25/h4-15,18,26H,16-17,19-20H2,1-3H3,(H,32,35). The molecule has 0 radical (unpaired) electrons. The van der Waals surface area contributed by atoms with Crippen LogP contribution in [-0.4, -0.2) is 34.0 Å². The van der Waals surface area contributed by atoms with Crippen LogP contribution in [0.15, 0.2) is 88.2 Å². The number of amides is 2. The van der Waals surface area contributed by atoms with Crippen molar-refractivity contribution < 1.29 is 9.59 Å². The summed E-state index contributed by atoms with van der Waals surface area (Å²) in [5.41, 5.74) is 1.56. The second-order valence-electron chi connectivity index (χ2n) is 9.65. The fourth-order valence-corrected chi connectivity index (χ4v) is 5.18. The Morgan fingerprint density at radius 2 is 1.64 bits per heavy atom. The molecule has 0 aromatic heterocycles. The monoisotopic (exact) mass is 586 g/mol. The van der Waals surface area contributed by atoms with E-state index in [0.717, 1.165) is 20.5 Å². The van der Waals surface area contributed by atoms with Crippen molar-refractivity contribution >= 4 is 51.1 Å². The van der Waals surface area contributed by atoms with E-state index in [0.29, 0.717) is 30.2 Å². The van der Waals surface area contributed by atoms with Gasteiger partial charge in [0, 0.05) is 45.1 Å². The summed E-state index contributed by atoms with van der Waals surface area (Å²) in [6.07, 6.45) is 0.752. The number of thioether (sulfide) groups is 1. The highest BCUT2D eigenvalue weighted by Gasteiger charge is 2.32. The highest BCUT2D eigenvalue weighted by atomic mass is 79.9. The summed E-state index contributed by atoms with van der Waals surface area (Å²) >= 11 is 11.1. The Labute approximate surface area is 231 Å². The first kappa shape index (κ1) is 28.3. The third-order valence-electron chi connectivity index (χ3n) is 5.41. The molecule has 0 saturated carbocycles. The van der Waals surface area contributed by atoms with Gasteiger partial charge in [-0.2, -0.15) is 0 Å². The van der Waals surface area contributed by atoms with Crippen LogP contribution in [0.2, 0.25) is 5.02 Å². The SMILES string of the molecule is CC(C)(C)NC(=O)C(Cc1ccccc1)N(Cc1cccc(Br)c1)C(=O)CCSc1ccc(Cl)cc1. The van der Waals surface area contributed by atoms with Crippen LogP contribution < -0.4 is 5.32 Å². The quantitative estimate of drug-likeness (QED) is 0.257. The normalized spacial score (nSPS) is 12.1. The van der Waals surface area contributed by atoms with Gasteiger partial charge >= 0.3 is 0 Å². The smallest absolute Gasteiger partial charge is 0.243 e. The van der Waals surface area contributed by atoms with Crippen LogP contribution in [-0.2, 0) is 22.6 Å². The molecule has 1 unspecified atom stereocenters. The lowest BCUT2D eigenvalue weighted by molar-refractivity contribution is -0.141. The number of rotatable bonds is 10. The van der Waals surface area contributed by atoms with E-state index < -0.39 is 11.6 Å². The molecular weight excluding hydrogens is 556 g/mol. The largest absolute Gasteiger partial charge is 0.350 e. The third kappa shape index (κ3) is 9.30. The van der Waals surface area contributed by atoms with Crippen molar-refractivity contribution in [2.24, 2.45) is 0 Å². The maximum Gasteiger partial charge on any atom is 0.243 e. The molecule has 1 N–H and O–H groups in total. The second-order valence-corrected chi connectivity index (χ2v) is 12.2. The van der Waals surface area contributed by atoms with Crippen LogP contribution in [0.25, 0.3) is 0 Å². The average molecular weight is 588 g/mol. The molecule has 1 atom stereocenters. The van der Waals surface area contributed by atoms with Gasteiger partial charge in [0.25, 0.3) is 0 Å². The highest BCUT2D eigenvalue weighted by molar-refractivity contribution is 9.10. The number of carbonyl (C=O) groups excluding carboxylic acids is 2. The van der Waals surface area contributed by atoms with Crippen LogP contribution >= 0.6 is 39.3 Å². The molecule has 0 aliphatic heterocycles. The topological polar surface area (TPSA) is 49.4 Å². The Balaban J connectivity index is 1.86. The molecule has 0 heterocycles. The number of hydrogen-bond acceptors (Lipinski definition) is 3. The number of nitrogens with one attached hydrogen (secondary N) is 1. The molecule has 0 saturated heterocycles. The summed E-state index contributed by atoms with van der Waals surface area (Å²) in [6, 6.07) is 24.7. The summed E-state index contributed by atoms with van der Waals surface area (Å²) in [7, 11) is 0. The molecule has 0 aliphatic rings. The minimum atomic E-state index is -0.640. The van der Waals surface area contributed by atoms with E-state index in [9.17, 15) is 9.59 Å².